The molecule has 0 amide bonds. The van der Waals surface area contributed by atoms with Gasteiger partial charge in [0.1, 0.15) is 18.7 Å². The second-order valence-electron chi connectivity index (χ2n) is 11.6. The van der Waals surface area contributed by atoms with Crippen molar-refractivity contribution in [3.63, 3.8) is 0 Å². The summed E-state index contributed by atoms with van der Waals surface area (Å²) in [6.45, 7) is 12.0. The molecule has 0 unspecified atom stereocenters. The summed E-state index contributed by atoms with van der Waals surface area (Å²) in [4.78, 5) is 16.6. The Morgan fingerprint density at radius 3 is 2.40 bits per heavy atom. The van der Waals surface area contributed by atoms with Gasteiger partial charge in [-0.15, -0.1) is 0 Å². The Labute approximate surface area is 262 Å². The second kappa shape index (κ2) is 13.1. The molecule has 2 aromatic carbocycles. The lowest BCUT2D eigenvalue weighted by molar-refractivity contribution is 0.0982. The van der Waals surface area contributed by atoms with Gasteiger partial charge in [0, 0.05) is 62.9 Å². The first kappa shape index (κ1) is 31.1. The van der Waals surface area contributed by atoms with Crippen LogP contribution in [0.3, 0.4) is 0 Å². The van der Waals surface area contributed by atoms with E-state index in [4.69, 9.17) is 21.3 Å². The molecule has 0 spiro atoms. The molecule has 0 atom stereocenters. The number of methoxy groups -OCH3 is 1. The van der Waals surface area contributed by atoms with Gasteiger partial charge in [0.05, 0.1) is 33.7 Å². The lowest BCUT2D eigenvalue weighted by atomic mass is 10.0. The van der Waals surface area contributed by atoms with E-state index in [1.807, 2.05) is 37.3 Å². The summed E-state index contributed by atoms with van der Waals surface area (Å²) in [5, 5.41) is 8.05. The van der Waals surface area contributed by atoms with Crippen molar-refractivity contribution >= 4 is 68.8 Å². The average Bonchev–Trinajstić information content (AvgIpc) is 2.96. The third kappa shape index (κ3) is 7.22. The van der Waals surface area contributed by atoms with Crippen LogP contribution in [0.2, 0.25) is 5.02 Å². The Kier molecular flexibility index (Phi) is 9.69. The molecule has 2 aliphatic rings. The highest BCUT2D eigenvalue weighted by Crippen LogP contribution is 2.41. The van der Waals surface area contributed by atoms with E-state index in [1.54, 1.807) is 26.6 Å². The number of piperidine rings is 1. The van der Waals surface area contributed by atoms with Crippen LogP contribution in [0.15, 0.2) is 41.0 Å². The van der Waals surface area contributed by atoms with Crippen molar-refractivity contribution in [2.45, 2.75) is 25.8 Å². The van der Waals surface area contributed by atoms with Gasteiger partial charge in [0.15, 0.2) is 0 Å². The van der Waals surface area contributed by atoms with Crippen molar-refractivity contribution in [3.8, 4) is 5.75 Å². The van der Waals surface area contributed by atoms with Crippen LogP contribution in [0, 0.1) is 6.92 Å². The minimum Gasteiger partial charge on any atom is -0.494 e. The Hall–Kier alpha value is -2.36. The molecule has 0 aliphatic carbocycles. The number of nitrogens with one attached hydrogen (secondary N) is 2. The number of likely N-dealkylation sites (N-methyl/N-ethyl adjacent to an activating group) is 1. The summed E-state index contributed by atoms with van der Waals surface area (Å²) in [5.74, 6) is 1.59. The standard InChI is InChI=1S/C30H40BrClN7O2P/c1-20-6-7-24(28(16-20)42(4,5)40)34-29-22(31)19-33-30(36-29)35-25-17-23(32)26(18-27(25)41-3)39-10-8-21(9-11-39)38-14-12-37(2)13-15-38/h6-7,16-19,21H,8-15H2,1-5H3,(H2,33,34,35,36). The minimum absolute atomic E-state index is 0.376. The van der Waals surface area contributed by atoms with Crippen molar-refractivity contribution in [1.82, 2.24) is 19.8 Å². The predicted molar refractivity (Wildman–Crippen MR) is 179 cm³/mol. The quantitative estimate of drug-likeness (QED) is 0.273. The van der Waals surface area contributed by atoms with E-state index < -0.39 is 7.14 Å². The largest absolute Gasteiger partial charge is 0.494 e. The number of nitrogens with zero attached hydrogens (tertiary/aromatic N) is 5. The van der Waals surface area contributed by atoms with Gasteiger partial charge >= 0.3 is 0 Å². The fourth-order valence-electron chi connectivity index (χ4n) is 5.67. The fourth-order valence-corrected chi connectivity index (χ4v) is 7.46. The third-order valence-corrected chi connectivity index (χ3v) is 10.5. The Morgan fingerprint density at radius 1 is 1.02 bits per heavy atom. The van der Waals surface area contributed by atoms with Gasteiger partial charge in [-0.05, 0) is 74.3 Å². The predicted octanol–water partition coefficient (Wildman–Crippen LogP) is 6.16. The zero-order valence-electron chi connectivity index (χ0n) is 25.0. The maximum absolute atomic E-state index is 13.0. The van der Waals surface area contributed by atoms with Gasteiger partial charge < -0.3 is 29.7 Å². The fraction of sp³-hybridized carbons (Fsp3) is 0.467. The van der Waals surface area contributed by atoms with E-state index in [0.29, 0.717) is 38.7 Å². The molecular weight excluding hydrogens is 637 g/mol. The molecule has 3 aromatic rings. The van der Waals surface area contributed by atoms with Gasteiger partial charge in [-0.3, -0.25) is 4.90 Å². The van der Waals surface area contributed by atoms with Crippen molar-refractivity contribution in [2.24, 2.45) is 0 Å². The molecule has 5 rings (SSSR count). The number of aromatic nitrogens is 2. The van der Waals surface area contributed by atoms with Gasteiger partial charge in [0.2, 0.25) is 5.95 Å². The lowest BCUT2D eigenvalue weighted by Crippen LogP contribution is -2.52. The summed E-state index contributed by atoms with van der Waals surface area (Å²) in [7, 11) is 1.33. The molecule has 226 valence electrons. The number of aryl methyl sites for hydroxylation is 1. The smallest absolute Gasteiger partial charge is 0.229 e. The number of anilines is 5. The Morgan fingerprint density at radius 2 is 1.74 bits per heavy atom. The normalized spacial score (nSPS) is 17.4. The molecule has 2 N–H and O–H groups in total. The van der Waals surface area contributed by atoms with E-state index in [-0.39, 0.29) is 0 Å². The second-order valence-corrected chi connectivity index (χ2v) is 16.0. The Balaban J connectivity index is 1.31. The topological polar surface area (TPSA) is 85.9 Å². The highest BCUT2D eigenvalue weighted by molar-refractivity contribution is 9.10. The first-order chi connectivity index (χ1) is 20.0. The summed E-state index contributed by atoms with van der Waals surface area (Å²) in [6, 6.07) is 10.4. The molecule has 0 saturated carbocycles. The summed E-state index contributed by atoms with van der Waals surface area (Å²) in [5.41, 5.74) is 3.45. The van der Waals surface area contributed by atoms with Gasteiger partial charge in [-0.2, -0.15) is 4.98 Å². The van der Waals surface area contributed by atoms with E-state index in [1.165, 1.54) is 0 Å². The van der Waals surface area contributed by atoms with E-state index >= 15 is 0 Å². The van der Waals surface area contributed by atoms with Crippen molar-refractivity contribution < 1.29 is 9.30 Å². The molecule has 0 bridgehead atoms. The molecule has 2 saturated heterocycles. The van der Waals surface area contributed by atoms with Crippen molar-refractivity contribution in [1.29, 1.82) is 0 Å². The van der Waals surface area contributed by atoms with Crippen LogP contribution in [-0.4, -0.2) is 92.6 Å². The molecule has 1 aromatic heterocycles. The first-order valence-electron chi connectivity index (χ1n) is 14.3. The highest BCUT2D eigenvalue weighted by atomic mass is 79.9. The number of hydrogen-bond acceptors (Lipinski definition) is 9. The SMILES string of the molecule is COc1cc(N2CCC(N3CCN(C)CC3)CC2)c(Cl)cc1Nc1ncc(Br)c(Nc2ccc(C)cc2P(C)(C)=O)n1. The molecule has 0 radical (unpaired) electrons. The van der Waals surface area contributed by atoms with Gasteiger partial charge in [0.25, 0.3) is 0 Å². The summed E-state index contributed by atoms with van der Waals surface area (Å²) in [6.07, 6.45) is 3.92. The number of piperazine rings is 1. The lowest BCUT2D eigenvalue weighted by Gasteiger charge is -2.42. The van der Waals surface area contributed by atoms with Crippen LogP contribution in [0.1, 0.15) is 18.4 Å². The number of ether oxygens (including phenoxy) is 1. The van der Waals surface area contributed by atoms with E-state index in [2.05, 4.69) is 53.3 Å². The number of rotatable bonds is 8. The van der Waals surface area contributed by atoms with E-state index in [9.17, 15) is 4.57 Å². The average molecular weight is 677 g/mol. The van der Waals surface area contributed by atoms with Crippen molar-refractivity contribution in [2.75, 3.05) is 82.3 Å². The number of halogens is 2. The van der Waals surface area contributed by atoms with Crippen LogP contribution < -0.4 is 25.6 Å². The van der Waals surface area contributed by atoms with Crippen LogP contribution in [0.4, 0.5) is 28.8 Å². The van der Waals surface area contributed by atoms with Crippen LogP contribution in [-0.2, 0) is 4.57 Å². The monoisotopic (exact) mass is 675 g/mol. The van der Waals surface area contributed by atoms with E-state index in [0.717, 1.165) is 74.4 Å². The maximum Gasteiger partial charge on any atom is 0.229 e. The van der Waals surface area contributed by atoms with Crippen LogP contribution in [0.25, 0.3) is 0 Å². The first-order valence-corrected chi connectivity index (χ1v) is 18.1. The minimum atomic E-state index is -2.52. The molecule has 3 heterocycles. The highest BCUT2D eigenvalue weighted by Gasteiger charge is 2.28. The maximum atomic E-state index is 13.0. The zero-order valence-corrected chi connectivity index (χ0v) is 28.2. The summed E-state index contributed by atoms with van der Waals surface area (Å²) < 4.78 is 19.4. The third-order valence-electron chi connectivity index (χ3n) is 8.11. The molecule has 2 fully saturated rings. The molecular formula is C30H40BrClN7O2P. The van der Waals surface area contributed by atoms with Crippen molar-refractivity contribution in [3.05, 3.63) is 51.6 Å². The molecule has 9 nitrogen and oxygen atoms in total. The molecule has 12 heteroatoms. The van der Waals surface area contributed by atoms with Crippen LogP contribution in [0.5, 0.6) is 5.75 Å². The molecule has 42 heavy (non-hydrogen) atoms. The molecule has 2 aliphatic heterocycles. The number of benzene rings is 2. The number of hydrogen-bond donors (Lipinski definition) is 2. The Bertz CT molecular complexity index is 1470. The van der Waals surface area contributed by atoms with Gasteiger partial charge in [-0.1, -0.05) is 23.2 Å². The van der Waals surface area contributed by atoms with Crippen LogP contribution >= 0.6 is 34.7 Å². The zero-order chi connectivity index (χ0) is 30.0. The van der Waals surface area contributed by atoms with Gasteiger partial charge in [-0.25, -0.2) is 4.98 Å². The summed E-state index contributed by atoms with van der Waals surface area (Å²) >= 11 is 10.4.